The van der Waals surface area contributed by atoms with Gasteiger partial charge in [0.25, 0.3) is 0 Å². The van der Waals surface area contributed by atoms with Gasteiger partial charge < -0.3 is 28.8 Å². The van der Waals surface area contributed by atoms with E-state index >= 15 is 0 Å². The number of hydrogen-bond acceptors (Lipinski definition) is 6. The molecule has 0 unspecified atom stereocenters. The lowest BCUT2D eigenvalue weighted by atomic mass is 10.0. The van der Waals surface area contributed by atoms with E-state index in [-0.39, 0.29) is 13.2 Å². The average Bonchev–Trinajstić information content (AvgIpc) is 3.27. The van der Waals surface area contributed by atoms with Gasteiger partial charge in [-0.3, -0.25) is 0 Å². The van der Waals surface area contributed by atoms with Gasteiger partial charge >= 0.3 is 0 Å². The van der Waals surface area contributed by atoms with Crippen molar-refractivity contribution in [2.24, 2.45) is 0 Å². The molecule has 0 bridgehead atoms. The van der Waals surface area contributed by atoms with E-state index in [1.54, 1.807) is 0 Å². The van der Waals surface area contributed by atoms with Gasteiger partial charge in [0.1, 0.15) is 50.3 Å². The second-order valence-corrected chi connectivity index (χ2v) is 15.6. The van der Waals surface area contributed by atoms with Crippen molar-refractivity contribution in [2.45, 2.75) is 80.2 Å². The SMILES string of the molecule is Cc1ccc(CCc2ccc(COc3cc(CO)cc(OCc4ccc(OCc5ccc(C)cc5)c(OCc5ccc(C)cc5)c4)c3)cc2OCc2ccc(C)cc2)cc1. The van der Waals surface area contributed by atoms with Crippen LogP contribution in [0.25, 0.3) is 0 Å². The van der Waals surface area contributed by atoms with Crippen LogP contribution in [0.5, 0.6) is 28.7 Å². The number of aliphatic hydroxyl groups is 1. The summed E-state index contributed by atoms with van der Waals surface area (Å²) in [7, 11) is 0. The standard InChI is InChI=1S/C54H54O6/c1-38-5-13-42(14-6-38)21-24-49-25-22-46(29-53(49)59-34-44-17-9-40(3)10-18-44)36-56-50-27-48(32-55)28-51(31-50)57-37-47-23-26-52(58-33-43-15-7-39(2)8-16-43)54(30-47)60-35-45-19-11-41(4)12-20-45/h5-20,22-23,25-31,55H,21,24,32-37H2,1-4H3. The van der Waals surface area contributed by atoms with Gasteiger partial charge in [-0.2, -0.15) is 0 Å². The van der Waals surface area contributed by atoms with Crippen molar-refractivity contribution < 1.29 is 28.8 Å². The zero-order valence-corrected chi connectivity index (χ0v) is 35.1. The highest BCUT2D eigenvalue weighted by molar-refractivity contribution is 5.45. The number of aryl methyl sites for hydroxylation is 6. The fourth-order valence-corrected chi connectivity index (χ4v) is 6.70. The molecule has 6 heteroatoms. The van der Waals surface area contributed by atoms with E-state index in [1.807, 2.05) is 36.4 Å². The topological polar surface area (TPSA) is 66.4 Å². The molecule has 0 spiro atoms. The fourth-order valence-electron chi connectivity index (χ4n) is 6.70. The molecular formula is C54H54O6. The first-order valence-corrected chi connectivity index (χ1v) is 20.6. The van der Waals surface area contributed by atoms with E-state index < -0.39 is 0 Å². The van der Waals surface area contributed by atoms with Crippen molar-refractivity contribution in [3.63, 3.8) is 0 Å². The summed E-state index contributed by atoms with van der Waals surface area (Å²) in [5.41, 5.74) is 13.2. The maximum atomic E-state index is 10.2. The molecule has 6 nitrogen and oxygen atoms in total. The third-order valence-electron chi connectivity index (χ3n) is 10.4. The van der Waals surface area contributed by atoms with Crippen molar-refractivity contribution >= 4 is 0 Å². The predicted octanol–water partition coefficient (Wildman–Crippen LogP) is 12.1. The Labute approximate surface area is 355 Å². The molecule has 1 N–H and O–H groups in total. The van der Waals surface area contributed by atoms with Gasteiger partial charge in [0.15, 0.2) is 11.5 Å². The summed E-state index contributed by atoms with van der Waals surface area (Å²) in [6.07, 6.45) is 1.78. The normalized spacial score (nSPS) is 10.9. The van der Waals surface area contributed by atoms with E-state index in [4.69, 9.17) is 23.7 Å². The molecule has 0 fully saturated rings. The largest absolute Gasteiger partial charge is 0.489 e. The molecule has 0 aromatic heterocycles. The molecule has 0 saturated carbocycles. The predicted molar refractivity (Wildman–Crippen MR) is 239 cm³/mol. The molecular weight excluding hydrogens is 745 g/mol. The Hall–Kier alpha value is -6.50. The lowest BCUT2D eigenvalue weighted by molar-refractivity contribution is 0.253. The zero-order valence-electron chi connectivity index (χ0n) is 35.1. The van der Waals surface area contributed by atoms with Crippen LogP contribution >= 0.6 is 0 Å². The Morgan fingerprint density at radius 3 is 1.18 bits per heavy atom. The number of rotatable bonds is 19. The van der Waals surface area contributed by atoms with Crippen LogP contribution in [-0.4, -0.2) is 5.11 Å². The van der Waals surface area contributed by atoms with Crippen LogP contribution in [0.1, 0.15) is 66.8 Å². The van der Waals surface area contributed by atoms with Gasteiger partial charge in [-0.05, 0) is 115 Å². The molecule has 0 amide bonds. The van der Waals surface area contributed by atoms with E-state index in [0.29, 0.717) is 55.0 Å². The van der Waals surface area contributed by atoms with Gasteiger partial charge in [-0.15, -0.1) is 0 Å². The van der Waals surface area contributed by atoms with Gasteiger partial charge in [0.2, 0.25) is 0 Å². The molecule has 0 aliphatic heterocycles. The lowest BCUT2D eigenvalue weighted by Gasteiger charge is -2.16. The van der Waals surface area contributed by atoms with Crippen LogP contribution in [0.2, 0.25) is 0 Å². The first kappa shape index (κ1) is 41.7. The van der Waals surface area contributed by atoms with Crippen molar-refractivity contribution in [3.8, 4) is 28.7 Å². The Morgan fingerprint density at radius 2 is 0.700 bits per heavy atom. The average molecular weight is 799 g/mol. The van der Waals surface area contributed by atoms with Crippen LogP contribution in [0.3, 0.4) is 0 Å². The molecule has 306 valence electrons. The quantitative estimate of drug-likeness (QED) is 0.0879. The van der Waals surface area contributed by atoms with Crippen LogP contribution in [0.4, 0.5) is 0 Å². The van der Waals surface area contributed by atoms with E-state index in [2.05, 4.69) is 143 Å². The summed E-state index contributed by atoms with van der Waals surface area (Å²) in [5.74, 6) is 3.34. The zero-order chi connectivity index (χ0) is 41.7. The molecule has 7 aromatic carbocycles. The van der Waals surface area contributed by atoms with Crippen LogP contribution in [-0.2, 0) is 52.5 Å². The molecule has 7 aromatic rings. The summed E-state index contributed by atoms with van der Waals surface area (Å²) in [6, 6.07) is 51.5. The minimum atomic E-state index is -0.149. The number of benzene rings is 7. The number of aliphatic hydroxyl groups excluding tert-OH is 1. The third-order valence-corrected chi connectivity index (χ3v) is 10.4. The van der Waals surface area contributed by atoms with Gasteiger partial charge in [-0.1, -0.05) is 138 Å². The Balaban J connectivity index is 1.03. The van der Waals surface area contributed by atoms with Gasteiger partial charge in [-0.25, -0.2) is 0 Å². The number of hydrogen-bond donors (Lipinski definition) is 1. The van der Waals surface area contributed by atoms with Crippen LogP contribution in [0, 0.1) is 27.7 Å². The van der Waals surface area contributed by atoms with Crippen molar-refractivity contribution in [3.05, 3.63) is 218 Å². The summed E-state index contributed by atoms with van der Waals surface area (Å²) in [5, 5.41) is 10.2. The highest BCUT2D eigenvalue weighted by atomic mass is 16.5. The van der Waals surface area contributed by atoms with Crippen LogP contribution < -0.4 is 23.7 Å². The summed E-state index contributed by atoms with van der Waals surface area (Å²) >= 11 is 0. The summed E-state index contributed by atoms with van der Waals surface area (Å²) in [4.78, 5) is 0. The minimum absolute atomic E-state index is 0.149. The van der Waals surface area contributed by atoms with Gasteiger partial charge in [0, 0.05) is 6.07 Å². The summed E-state index contributed by atoms with van der Waals surface area (Å²) in [6.45, 7) is 10.1. The first-order chi connectivity index (χ1) is 29.2. The number of ether oxygens (including phenoxy) is 5. The molecule has 0 saturated heterocycles. The van der Waals surface area contributed by atoms with Gasteiger partial charge in [0.05, 0.1) is 6.61 Å². The molecule has 0 radical (unpaired) electrons. The Kier molecular flexibility index (Phi) is 14.2. The monoisotopic (exact) mass is 798 g/mol. The Morgan fingerprint density at radius 1 is 0.317 bits per heavy atom. The molecule has 7 rings (SSSR count). The van der Waals surface area contributed by atoms with Crippen molar-refractivity contribution in [1.82, 2.24) is 0 Å². The second kappa shape index (κ2) is 20.5. The maximum Gasteiger partial charge on any atom is 0.162 e. The van der Waals surface area contributed by atoms with E-state index in [0.717, 1.165) is 52.0 Å². The lowest BCUT2D eigenvalue weighted by Crippen LogP contribution is -2.04. The molecule has 0 aliphatic carbocycles. The van der Waals surface area contributed by atoms with Crippen LogP contribution in [0.15, 0.2) is 152 Å². The highest BCUT2D eigenvalue weighted by Crippen LogP contribution is 2.32. The van der Waals surface area contributed by atoms with E-state index in [1.165, 1.54) is 27.8 Å². The fraction of sp³-hybridized carbons (Fsp3) is 0.222. The third kappa shape index (κ3) is 12.3. The second-order valence-electron chi connectivity index (χ2n) is 15.6. The first-order valence-electron chi connectivity index (χ1n) is 20.6. The minimum Gasteiger partial charge on any atom is -0.489 e. The highest BCUT2D eigenvalue weighted by Gasteiger charge is 2.12. The Bertz CT molecular complexity index is 2270. The smallest absolute Gasteiger partial charge is 0.162 e. The molecule has 0 atom stereocenters. The summed E-state index contributed by atoms with van der Waals surface area (Å²) < 4.78 is 31.7. The molecule has 0 aliphatic rings. The maximum absolute atomic E-state index is 10.2. The van der Waals surface area contributed by atoms with Crippen molar-refractivity contribution in [1.29, 1.82) is 0 Å². The molecule has 60 heavy (non-hydrogen) atoms. The molecule has 0 heterocycles. The van der Waals surface area contributed by atoms with E-state index in [9.17, 15) is 5.11 Å². The van der Waals surface area contributed by atoms with Crippen molar-refractivity contribution in [2.75, 3.05) is 0 Å².